The summed E-state index contributed by atoms with van der Waals surface area (Å²) in [7, 11) is 0. The van der Waals surface area contributed by atoms with E-state index in [9.17, 15) is 13.2 Å². The van der Waals surface area contributed by atoms with Gasteiger partial charge in [-0.2, -0.15) is 13.2 Å². The van der Waals surface area contributed by atoms with Crippen molar-refractivity contribution < 1.29 is 13.2 Å². The molecule has 0 N–H and O–H groups in total. The van der Waals surface area contributed by atoms with E-state index in [1.165, 1.54) is 18.5 Å². The number of halogens is 3. The summed E-state index contributed by atoms with van der Waals surface area (Å²) in [4.78, 5) is 21.3. The quantitative estimate of drug-likeness (QED) is 0.517. The van der Waals surface area contributed by atoms with Crippen molar-refractivity contribution in [1.29, 1.82) is 0 Å². The Labute approximate surface area is 158 Å². The van der Waals surface area contributed by atoms with Crippen LogP contribution in [0.15, 0.2) is 73.4 Å². The molecule has 0 fully saturated rings. The number of hydrogen-bond acceptors (Lipinski definition) is 5. The summed E-state index contributed by atoms with van der Waals surface area (Å²) in [6.45, 7) is 0. The van der Waals surface area contributed by atoms with Crippen molar-refractivity contribution in [1.82, 2.24) is 24.9 Å². The second-order valence-corrected chi connectivity index (χ2v) is 5.84. The topological polar surface area (TPSA) is 64.5 Å². The van der Waals surface area contributed by atoms with Crippen LogP contribution in [0.1, 0.15) is 5.56 Å². The molecular formula is C20H12F3N5. The number of pyridine rings is 1. The lowest BCUT2D eigenvalue weighted by Crippen LogP contribution is -2.04. The number of hydrogen-bond donors (Lipinski definition) is 0. The fourth-order valence-corrected chi connectivity index (χ4v) is 2.67. The average Bonchev–Trinajstić information content (AvgIpc) is 2.74. The molecule has 0 amide bonds. The summed E-state index contributed by atoms with van der Waals surface area (Å²) in [6, 6.07) is 11.9. The summed E-state index contributed by atoms with van der Waals surface area (Å²) in [6.07, 6.45) is 1.77. The summed E-state index contributed by atoms with van der Waals surface area (Å²) in [5.41, 5.74) is 1.97. The van der Waals surface area contributed by atoms with Gasteiger partial charge in [0.1, 0.15) is 12.0 Å². The fraction of sp³-hybridized carbons (Fsp3) is 0.0500. The highest BCUT2D eigenvalue weighted by Gasteiger charge is 2.30. The number of aromatic nitrogens is 5. The van der Waals surface area contributed by atoms with Gasteiger partial charge in [0.15, 0.2) is 5.82 Å². The molecule has 5 nitrogen and oxygen atoms in total. The second kappa shape index (κ2) is 7.15. The molecule has 0 radical (unpaired) electrons. The molecule has 3 aromatic heterocycles. The minimum atomic E-state index is -4.40. The summed E-state index contributed by atoms with van der Waals surface area (Å²) < 4.78 is 38.7. The molecule has 0 unspecified atom stereocenters. The average molecular weight is 379 g/mol. The van der Waals surface area contributed by atoms with Crippen molar-refractivity contribution in [2.45, 2.75) is 6.18 Å². The van der Waals surface area contributed by atoms with Gasteiger partial charge in [-0.15, -0.1) is 0 Å². The van der Waals surface area contributed by atoms with E-state index in [1.807, 2.05) is 6.07 Å². The lowest BCUT2D eigenvalue weighted by atomic mass is 10.0. The standard InChI is InChI=1S/C20H12F3N5/c21-20(22,23)14-6-4-13(5-7-14)18-15(16-8-10-24-12-27-16)11-26-19(28-18)17-3-1-2-9-25-17/h1-12H. The molecule has 0 saturated carbocycles. The van der Waals surface area contributed by atoms with E-state index in [-0.39, 0.29) is 0 Å². The van der Waals surface area contributed by atoms with Crippen LogP contribution in [0.4, 0.5) is 13.2 Å². The maximum absolute atomic E-state index is 12.9. The van der Waals surface area contributed by atoms with Gasteiger partial charge in [0.05, 0.1) is 17.0 Å². The lowest BCUT2D eigenvalue weighted by Gasteiger charge is -2.11. The Kier molecular flexibility index (Phi) is 4.52. The van der Waals surface area contributed by atoms with Crippen molar-refractivity contribution >= 4 is 0 Å². The third-order valence-electron chi connectivity index (χ3n) is 4.03. The normalized spacial score (nSPS) is 11.4. The molecule has 1 aromatic carbocycles. The molecule has 4 aromatic rings. The first-order valence-corrected chi connectivity index (χ1v) is 8.25. The predicted molar refractivity (Wildman–Crippen MR) is 96.7 cm³/mol. The Morgan fingerprint density at radius 3 is 2.21 bits per heavy atom. The second-order valence-electron chi connectivity index (χ2n) is 5.84. The van der Waals surface area contributed by atoms with Gasteiger partial charge in [-0.25, -0.2) is 19.9 Å². The Morgan fingerprint density at radius 2 is 1.57 bits per heavy atom. The van der Waals surface area contributed by atoms with Gasteiger partial charge in [-0.1, -0.05) is 18.2 Å². The minimum absolute atomic E-state index is 0.369. The van der Waals surface area contributed by atoms with E-state index in [0.29, 0.717) is 34.0 Å². The molecule has 0 aliphatic heterocycles. The zero-order valence-electron chi connectivity index (χ0n) is 14.3. The van der Waals surface area contributed by atoms with Gasteiger partial charge in [-0.05, 0) is 30.3 Å². The van der Waals surface area contributed by atoms with Crippen LogP contribution in [0, 0.1) is 0 Å². The van der Waals surface area contributed by atoms with E-state index in [4.69, 9.17) is 0 Å². The highest BCUT2D eigenvalue weighted by Crippen LogP contribution is 2.34. The monoisotopic (exact) mass is 379 g/mol. The maximum Gasteiger partial charge on any atom is 0.416 e. The number of rotatable bonds is 3. The van der Waals surface area contributed by atoms with E-state index in [0.717, 1.165) is 12.1 Å². The fourth-order valence-electron chi connectivity index (χ4n) is 2.67. The lowest BCUT2D eigenvalue weighted by molar-refractivity contribution is -0.137. The molecule has 0 aliphatic rings. The van der Waals surface area contributed by atoms with Crippen LogP contribution in [0.2, 0.25) is 0 Å². The largest absolute Gasteiger partial charge is 0.416 e. The van der Waals surface area contributed by atoms with Gasteiger partial charge in [-0.3, -0.25) is 4.98 Å². The molecule has 0 spiro atoms. The van der Waals surface area contributed by atoms with Gasteiger partial charge in [0, 0.05) is 29.7 Å². The van der Waals surface area contributed by atoms with Gasteiger partial charge >= 0.3 is 6.18 Å². The molecule has 0 atom stereocenters. The maximum atomic E-state index is 12.9. The number of nitrogens with zero attached hydrogens (tertiary/aromatic N) is 5. The molecule has 28 heavy (non-hydrogen) atoms. The van der Waals surface area contributed by atoms with E-state index < -0.39 is 11.7 Å². The third kappa shape index (κ3) is 3.57. The molecular weight excluding hydrogens is 367 g/mol. The van der Waals surface area contributed by atoms with Crippen LogP contribution >= 0.6 is 0 Å². The molecule has 0 saturated heterocycles. The number of alkyl halides is 3. The number of benzene rings is 1. The van der Waals surface area contributed by atoms with E-state index >= 15 is 0 Å². The zero-order chi connectivity index (χ0) is 19.6. The van der Waals surface area contributed by atoms with Gasteiger partial charge < -0.3 is 0 Å². The smallest absolute Gasteiger partial charge is 0.253 e. The van der Waals surface area contributed by atoms with E-state index in [2.05, 4.69) is 24.9 Å². The first-order valence-electron chi connectivity index (χ1n) is 8.25. The first kappa shape index (κ1) is 17.7. The van der Waals surface area contributed by atoms with Crippen molar-refractivity contribution in [2.75, 3.05) is 0 Å². The molecule has 4 rings (SSSR count). The summed E-state index contributed by atoms with van der Waals surface area (Å²) in [5, 5.41) is 0. The molecule has 3 heterocycles. The third-order valence-corrected chi connectivity index (χ3v) is 4.03. The van der Waals surface area contributed by atoms with Crippen LogP contribution in [0.5, 0.6) is 0 Å². The van der Waals surface area contributed by atoms with Crippen LogP contribution in [0.3, 0.4) is 0 Å². The SMILES string of the molecule is FC(F)(F)c1ccc(-c2nc(-c3ccccn3)ncc2-c2ccncn2)cc1. The van der Waals surface area contributed by atoms with E-state index in [1.54, 1.807) is 36.8 Å². The van der Waals surface area contributed by atoms with Crippen molar-refractivity contribution in [3.05, 3.63) is 79.0 Å². The summed E-state index contributed by atoms with van der Waals surface area (Å²) in [5.74, 6) is 0.369. The first-order chi connectivity index (χ1) is 13.5. The van der Waals surface area contributed by atoms with Crippen molar-refractivity contribution in [2.24, 2.45) is 0 Å². The molecule has 8 heteroatoms. The highest BCUT2D eigenvalue weighted by molar-refractivity contribution is 5.79. The Bertz CT molecular complexity index is 1080. The van der Waals surface area contributed by atoms with Gasteiger partial charge in [0.25, 0.3) is 0 Å². The predicted octanol–water partition coefficient (Wildman–Crippen LogP) is 4.68. The van der Waals surface area contributed by atoms with Crippen LogP contribution < -0.4 is 0 Å². The molecule has 0 bridgehead atoms. The van der Waals surface area contributed by atoms with Crippen LogP contribution in [-0.4, -0.2) is 24.9 Å². The molecule has 138 valence electrons. The minimum Gasteiger partial charge on any atom is -0.253 e. The van der Waals surface area contributed by atoms with Crippen molar-refractivity contribution in [3.63, 3.8) is 0 Å². The van der Waals surface area contributed by atoms with Gasteiger partial charge in [0.2, 0.25) is 0 Å². The highest BCUT2D eigenvalue weighted by atomic mass is 19.4. The Hall–Kier alpha value is -3.68. The van der Waals surface area contributed by atoms with Crippen molar-refractivity contribution in [3.8, 4) is 34.0 Å². The van der Waals surface area contributed by atoms with Crippen LogP contribution in [0.25, 0.3) is 34.0 Å². The zero-order valence-corrected chi connectivity index (χ0v) is 14.3. The molecule has 0 aliphatic carbocycles. The summed E-state index contributed by atoms with van der Waals surface area (Å²) >= 11 is 0. The Balaban J connectivity index is 1.87. The Morgan fingerprint density at radius 1 is 0.750 bits per heavy atom. The van der Waals surface area contributed by atoms with Crippen LogP contribution in [-0.2, 0) is 6.18 Å².